The molecule has 1 aliphatic heterocycles. The Kier molecular flexibility index (Phi) is 7.05. The third-order valence-electron chi connectivity index (χ3n) is 4.86. The van der Waals surface area contributed by atoms with Crippen LogP contribution < -0.4 is 10.0 Å². The lowest BCUT2D eigenvalue weighted by Gasteiger charge is -2.18. The first-order chi connectivity index (χ1) is 15.2. The Morgan fingerprint density at radius 2 is 1.75 bits per heavy atom. The maximum atomic E-state index is 13.0. The van der Waals surface area contributed by atoms with E-state index in [1.807, 2.05) is 36.4 Å². The molecule has 0 saturated carbocycles. The van der Waals surface area contributed by atoms with Crippen LogP contribution in [0.15, 0.2) is 67.0 Å². The van der Waals surface area contributed by atoms with Gasteiger partial charge in [-0.15, -0.1) is 0 Å². The molecular weight excluding hydrogens is 426 g/mol. The zero-order valence-corrected chi connectivity index (χ0v) is 19.0. The molecule has 1 aliphatic rings. The molecule has 0 saturated heterocycles. The van der Waals surface area contributed by atoms with Crippen LogP contribution in [0.1, 0.15) is 29.8 Å². The van der Waals surface area contributed by atoms with Gasteiger partial charge in [-0.25, -0.2) is 4.79 Å². The van der Waals surface area contributed by atoms with Crippen LogP contribution in [0.5, 0.6) is 0 Å². The van der Waals surface area contributed by atoms with Gasteiger partial charge >= 0.3 is 5.97 Å². The Bertz CT molecular complexity index is 1090. The molecule has 3 rings (SSSR count). The minimum Gasteiger partial charge on any atom is -0.464 e. The number of ether oxygens (including phenoxy) is 1. The summed E-state index contributed by atoms with van der Waals surface area (Å²) in [6.45, 7) is 11.6. The van der Waals surface area contributed by atoms with Crippen LogP contribution in [0.2, 0.25) is 0 Å². The number of nitrogens with one attached hydrogen (secondary N) is 2. The average molecular weight is 452 g/mol. The van der Waals surface area contributed by atoms with Crippen LogP contribution >= 0.6 is 11.9 Å². The number of esters is 1. The fourth-order valence-electron chi connectivity index (χ4n) is 3.23. The summed E-state index contributed by atoms with van der Waals surface area (Å²) < 4.78 is 7.82. The number of carbonyl (C=O) groups is 3. The van der Waals surface area contributed by atoms with E-state index < -0.39 is 11.9 Å². The van der Waals surface area contributed by atoms with Gasteiger partial charge < -0.3 is 14.8 Å². The minimum atomic E-state index is -0.769. The molecule has 0 spiro atoms. The van der Waals surface area contributed by atoms with Crippen molar-refractivity contribution in [1.82, 2.24) is 10.2 Å². The third-order valence-corrected chi connectivity index (χ3v) is 5.69. The highest BCUT2D eigenvalue weighted by Gasteiger charge is 2.33. The maximum Gasteiger partial charge on any atom is 0.353 e. The number of hydrogen-bond acceptors (Lipinski definition) is 6. The van der Waals surface area contributed by atoms with E-state index in [1.54, 1.807) is 18.0 Å². The molecule has 32 heavy (non-hydrogen) atoms. The van der Waals surface area contributed by atoms with Gasteiger partial charge in [0.25, 0.3) is 11.8 Å². The van der Waals surface area contributed by atoms with E-state index in [2.05, 4.69) is 41.8 Å². The van der Waals surface area contributed by atoms with E-state index in [0.717, 1.165) is 22.4 Å². The number of carbonyl (C=O) groups excluding carboxylic acids is 3. The summed E-state index contributed by atoms with van der Waals surface area (Å²) >= 11 is 1.64. The summed E-state index contributed by atoms with van der Waals surface area (Å²) in [5.41, 5.74) is 3.89. The molecule has 0 fully saturated rings. The molecule has 0 unspecified atom stereocenters. The van der Waals surface area contributed by atoms with Crippen molar-refractivity contribution < 1.29 is 19.1 Å². The molecule has 0 radical (unpaired) electrons. The monoisotopic (exact) mass is 451 g/mol. The van der Waals surface area contributed by atoms with Crippen LogP contribution in [0, 0.1) is 0 Å². The first kappa shape index (κ1) is 23.1. The van der Waals surface area contributed by atoms with Gasteiger partial charge in [0, 0.05) is 16.5 Å². The molecule has 7 nitrogen and oxygen atoms in total. The number of amides is 2. The second kappa shape index (κ2) is 9.74. The summed E-state index contributed by atoms with van der Waals surface area (Å²) in [6, 6.07) is 13.5. The molecule has 2 aromatic carbocycles. The van der Waals surface area contributed by atoms with Crippen molar-refractivity contribution in [2.45, 2.75) is 25.6 Å². The predicted molar refractivity (Wildman–Crippen MR) is 127 cm³/mol. The van der Waals surface area contributed by atoms with E-state index in [1.165, 1.54) is 12.0 Å². The number of hydrogen-bond donors (Lipinski definition) is 2. The fourth-order valence-corrected chi connectivity index (χ4v) is 3.74. The number of methoxy groups -OCH3 is 1. The lowest BCUT2D eigenvalue weighted by molar-refractivity contribution is -0.137. The average Bonchev–Trinajstić information content (AvgIpc) is 3.13. The Hall–Kier alpha value is -3.52. The number of fused-ring (bicyclic) bond motifs is 1. The first-order valence-corrected chi connectivity index (χ1v) is 10.8. The second-order valence-electron chi connectivity index (χ2n) is 7.44. The maximum absolute atomic E-state index is 13.0. The van der Waals surface area contributed by atoms with Gasteiger partial charge in [0.15, 0.2) is 0 Å². The molecule has 8 heteroatoms. The molecule has 1 heterocycles. The van der Waals surface area contributed by atoms with Crippen LogP contribution in [0.25, 0.3) is 11.1 Å². The SMILES string of the molecule is C=C(NC(=O)C(=C)N1Cc2c(cccc2-c2ccc(NSC(C)C)cc2)C1=O)C(=O)OC. The number of benzene rings is 2. The highest BCUT2D eigenvalue weighted by molar-refractivity contribution is 8.01. The van der Waals surface area contributed by atoms with E-state index in [0.29, 0.717) is 10.8 Å². The highest BCUT2D eigenvalue weighted by Crippen LogP contribution is 2.34. The highest BCUT2D eigenvalue weighted by atomic mass is 32.2. The molecule has 2 amide bonds. The number of nitrogens with zero attached hydrogens (tertiary/aromatic N) is 1. The summed E-state index contributed by atoms with van der Waals surface area (Å²) in [7, 11) is 1.18. The Labute approximate surface area is 191 Å². The molecule has 0 aliphatic carbocycles. The molecule has 0 aromatic heterocycles. The van der Waals surface area contributed by atoms with Crippen LogP contribution in [-0.4, -0.2) is 35.0 Å². The van der Waals surface area contributed by atoms with Gasteiger partial charge in [-0.3, -0.25) is 14.5 Å². The summed E-state index contributed by atoms with van der Waals surface area (Å²) in [6.07, 6.45) is 0. The summed E-state index contributed by atoms with van der Waals surface area (Å²) in [5, 5.41) is 2.77. The van der Waals surface area contributed by atoms with Crippen molar-refractivity contribution >= 4 is 35.4 Å². The van der Waals surface area contributed by atoms with Gasteiger partial charge in [-0.05, 0) is 46.8 Å². The van der Waals surface area contributed by atoms with Crippen LogP contribution in [0.3, 0.4) is 0 Å². The molecular formula is C24H25N3O4S. The van der Waals surface area contributed by atoms with Gasteiger partial charge in [0.1, 0.15) is 11.4 Å². The van der Waals surface area contributed by atoms with Gasteiger partial charge in [-0.2, -0.15) is 0 Å². The lowest BCUT2D eigenvalue weighted by Crippen LogP contribution is -2.36. The third kappa shape index (κ3) is 4.86. The van der Waals surface area contributed by atoms with Crippen LogP contribution in [-0.2, 0) is 20.9 Å². The predicted octanol–water partition coefficient (Wildman–Crippen LogP) is 4.09. The first-order valence-electron chi connectivity index (χ1n) is 9.96. The quantitative estimate of drug-likeness (QED) is 0.357. The largest absolute Gasteiger partial charge is 0.464 e. The zero-order valence-electron chi connectivity index (χ0n) is 18.2. The van der Waals surface area contributed by atoms with Gasteiger partial charge in [-0.1, -0.05) is 51.3 Å². The second-order valence-corrected chi connectivity index (χ2v) is 8.82. The molecule has 166 valence electrons. The van der Waals surface area contributed by atoms with Crippen molar-refractivity contribution in [2.24, 2.45) is 0 Å². The fraction of sp³-hybridized carbons (Fsp3) is 0.208. The van der Waals surface area contributed by atoms with Crippen molar-refractivity contribution in [3.63, 3.8) is 0 Å². The summed E-state index contributed by atoms with van der Waals surface area (Å²) in [4.78, 5) is 38.2. The van der Waals surface area contributed by atoms with Crippen molar-refractivity contribution in [3.05, 3.63) is 78.1 Å². The van der Waals surface area contributed by atoms with E-state index in [-0.39, 0.29) is 23.8 Å². The number of rotatable bonds is 8. The van der Waals surface area contributed by atoms with Crippen molar-refractivity contribution in [2.75, 3.05) is 11.8 Å². The topological polar surface area (TPSA) is 87.7 Å². The standard InChI is InChI=1S/C24H25N3O4S/c1-14(2)32-26-18-11-9-17(10-12-18)19-7-6-8-20-21(19)13-27(23(20)29)16(4)22(28)25-15(3)24(30)31-5/h6-12,14,26H,3-4,13H2,1-2,5H3,(H,25,28). The van der Waals surface area contributed by atoms with Crippen LogP contribution in [0.4, 0.5) is 5.69 Å². The zero-order chi connectivity index (χ0) is 23.4. The lowest BCUT2D eigenvalue weighted by atomic mass is 9.97. The molecule has 2 aromatic rings. The molecule has 2 N–H and O–H groups in total. The van der Waals surface area contributed by atoms with E-state index in [9.17, 15) is 14.4 Å². The smallest absolute Gasteiger partial charge is 0.353 e. The molecule has 0 bridgehead atoms. The van der Waals surface area contributed by atoms with E-state index >= 15 is 0 Å². The Morgan fingerprint density at radius 3 is 2.38 bits per heavy atom. The van der Waals surface area contributed by atoms with Crippen molar-refractivity contribution in [3.8, 4) is 11.1 Å². The molecule has 0 atom stereocenters. The van der Waals surface area contributed by atoms with Gasteiger partial charge in [0.2, 0.25) is 0 Å². The summed E-state index contributed by atoms with van der Waals surface area (Å²) in [5.74, 6) is -1.78. The normalized spacial score (nSPS) is 12.4. The minimum absolute atomic E-state index is 0.0764. The Balaban J connectivity index is 1.80. The Morgan fingerprint density at radius 1 is 1.09 bits per heavy atom. The van der Waals surface area contributed by atoms with E-state index in [4.69, 9.17) is 0 Å². The van der Waals surface area contributed by atoms with Crippen molar-refractivity contribution in [1.29, 1.82) is 0 Å². The number of anilines is 1. The van der Waals surface area contributed by atoms with Gasteiger partial charge in [0.05, 0.1) is 13.7 Å².